The van der Waals surface area contributed by atoms with Crippen molar-refractivity contribution in [3.8, 4) is 0 Å². The first-order chi connectivity index (χ1) is 9.41. The van der Waals surface area contributed by atoms with Gasteiger partial charge in [0.05, 0.1) is 12.8 Å². The summed E-state index contributed by atoms with van der Waals surface area (Å²) in [5.74, 6) is 1.97. The summed E-state index contributed by atoms with van der Waals surface area (Å²) in [7, 11) is -1.18. The highest BCUT2D eigenvalue weighted by molar-refractivity contribution is 7.99. The van der Waals surface area contributed by atoms with Crippen LogP contribution < -0.4 is 5.73 Å². The lowest BCUT2D eigenvalue weighted by Crippen LogP contribution is -2.39. The molecule has 1 aliphatic rings. The van der Waals surface area contributed by atoms with Crippen molar-refractivity contribution >= 4 is 21.8 Å². The molecule has 2 rings (SSSR count). The molecule has 20 heavy (non-hydrogen) atoms. The molecule has 1 aromatic rings. The number of sulfonamides is 1. The Morgan fingerprint density at radius 1 is 1.45 bits per heavy atom. The normalized spacial score (nSPS) is 21.2. The molecule has 2 N–H and O–H groups in total. The van der Waals surface area contributed by atoms with Gasteiger partial charge in [0, 0.05) is 25.9 Å². The van der Waals surface area contributed by atoms with Gasteiger partial charge in [0.15, 0.2) is 5.16 Å². The summed E-state index contributed by atoms with van der Waals surface area (Å²) in [6.45, 7) is 1.62. The first kappa shape index (κ1) is 15.7. The number of piperidine rings is 1. The summed E-state index contributed by atoms with van der Waals surface area (Å²) in [6, 6.07) is 0. The van der Waals surface area contributed by atoms with Crippen LogP contribution in [0.5, 0.6) is 0 Å². The van der Waals surface area contributed by atoms with Gasteiger partial charge in [-0.05, 0) is 18.8 Å². The summed E-state index contributed by atoms with van der Waals surface area (Å²) in [6.07, 6.45) is 3.25. The van der Waals surface area contributed by atoms with Crippen LogP contribution in [0.15, 0.2) is 5.16 Å². The zero-order valence-electron chi connectivity index (χ0n) is 11.8. The Morgan fingerprint density at radius 3 is 2.80 bits per heavy atom. The number of hydrogen-bond acceptors (Lipinski definition) is 6. The fourth-order valence-electron chi connectivity index (χ4n) is 2.31. The third-order valence-corrected chi connectivity index (χ3v) is 6.03. The van der Waals surface area contributed by atoms with Gasteiger partial charge in [-0.25, -0.2) is 12.7 Å². The predicted molar refractivity (Wildman–Crippen MR) is 78.8 cm³/mol. The van der Waals surface area contributed by atoms with Crippen LogP contribution in [0.4, 0.5) is 0 Å². The maximum Gasteiger partial charge on any atom is 0.211 e. The fraction of sp³-hybridized carbons (Fsp3) is 0.818. The van der Waals surface area contributed by atoms with Gasteiger partial charge in [-0.2, -0.15) is 0 Å². The lowest BCUT2D eigenvalue weighted by Gasteiger charge is -2.30. The van der Waals surface area contributed by atoms with Crippen LogP contribution >= 0.6 is 11.8 Å². The minimum Gasteiger partial charge on any atom is -0.324 e. The molecule has 0 amide bonds. The SMILES string of the molecule is Cn1c(CN)nnc1SCC1CCCN(S(C)(=O)=O)C1. The topological polar surface area (TPSA) is 94.1 Å². The molecule has 114 valence electrons. The molecule has 7 nitrogen and oxygen atoms in total. The van der Waals surface area contributed by atoms with Crippen LogP contribution in [0.2, 0.25) is 0 Å². The average Bonchev–Trinajstić information content (AvgIpc) is 2.76. The molecule has 0 saturated carbocycles. The van der Waals surface area contributed by atoms with E-state index in [2.05, 4.69) is 10.2 Å². The second-order valence-corrected chi connectivity index (χ2v) is 8.07. The average molecular weight is 319 g/mol. The van der Waals surface area contributed by atoms with Crippen LogP contribution in [0.1, 0.15) is 18.7 Å². The Kier molecular flexibility index (Phi) is 5.05. The molecule has 1 saturated heterocycles. The molecule has 1 aliphatic heterocycles. The Labute approximate surface area is 124 Å². The van der Waals surface area contributed by atoms with Crippen LogP contribution in [-0.2, 0) is 23.6 Å². The summed E-state index contributed by atoms with van der Waals surface area (Å²) in [5.41, 5.74) is 5.56. The molecule has 0 aromatic carbocycles. The van der Waals surface area contributed by atoms with Gasteiger partial charge < -0.3 is 10.3 Å². The third-order valence-electron chi connectivity index (χ3n) is 3.51. The van der Waals surface area contributed by atoms with Gasteiger partial charge in [0.1, 0.15) is 5.82 Å². The van der Waals surface area contributed by atoms with E-state index >= 15 is 0 Å². The van der Waals surface area contributed by atoms with Gasteiger partial charge in [-0.1, -0.05) is 11.8 Å². The van der Waals surface area contributed by atoms with E-state index in [4.69, 9.17) is 5.73 Å². The van der Waals surface area contributed by atoms with Crippen molar-refractivity contribution in [2.45, 2.75) is 24.5 Å². The molecule has 0 bridgehead atoms. The molecular formula is C11H21N5O2S2. The second kappa shape index (κ2) is 6.42. The van der Waals surface area contributed by atoms with E-state index in [0.717, 1.165) is 29.6 Å². The highest BCUT2D eigenvalue weighted by Crippen LogP contribution is 2.25. The smallest absolute Gasteiger partial charge is 0.211 e. The zero-order chi connectivity index (χ0) is 14.8. The fourth-order valence-corrected chi connectivity index (χ4v) is 4.30. The van der Waals surface area contributed by atoms with Crippen LogP contribution in [0, 0.1) is 5.92 Å². The summed E-state index contributed by atoms with van der Waals surface area (Å²) >= 11 is 1.61. The Bertz CT molecular complexity index is 557. The quantitative estimate of drug-likeness (QED) is 0.770. The third kappa shape index (κ3) is 3.72. The minimum absolute atomic E-state index is 0.363. The summed E-state index contributed by atoms with van der Waals surface area (Å²) < 4.78 is 26.6. The van der Waals surface area contributed by atoms with E-state index in [-0.39, 0.29) is 0 Å². The molecule has 1 atom stereocenters. The van der Waals surface area contributed by atoms with Gasteiger partial charge in [0.2, 0.25) is 10.0 Å². The van der Waals surface area contributed by atoms with Gasteiger partial charge in [0.25, 0.3) is 0 Å². The maximum absolute atomic E-state index is 11.6. The summed E-state index contributed by atoms with van der Waals surface area (Å²) in [4.78, 5) is 0. The number of nitrogens with two attached hydrogens (primary N) is 1. The van der Waals surface area contributed by atoms with Gasteiger partial charge in [-0.15, -0.1) is 10.2 Å². The van der Waals surface area contributed by atoms with Crippen molar-refractivity contribution < 1.29 is 8.42 Å². The van der Waals surface area contributed by atoms with E-state index in [1.54, 1.807) is 16.1 Å². The standard InChI is InChI=1S/C11H21N5O2S2/c1-15-10(6-12)13-14-11(15)19-8-9-4-3-5-16(7-9)20(2,17)18/h9H,3-8,12H2,1-2H3. The van der Waals surface area contributed by atoms with E-state index in [1.807, 2.05) is 11.6 Å². The molecule has 0 aliphatic carbocycles. The first-order valence-corrected chi connectivity index (χ1v) is 9.41. The van der Waals surface area contributed by atoms with Crippen LogP contribution in [0.25, 0.3) is 0 Å². The van der Waals surface area contributed by atoms with Crippen molar-refractivity contribution in [2.24, 2.45) is 18.7 Å². The van der Waals surface area contributed by atoms with Crippen LogP contribution in [0.3, 0.4) is 0 Å². The van der Waals surface area contributed by atoms with E-state index in [1.165, 1.54) is 6.26 Å². The minimum atomic E-state index is -3.08. The molecule has 0 radical (unpaired) electrons. The molecule has 1 fully saturated rings. The second-order valence-electron chi connectivity index (χ2n) is 5.10. The zero-order valence-corrected chi connectivity index (χ0v) is 13.5. The molecule has 9 heteroatoms. The predicted octanol–water partition coefficient (Wildman–Crippen LogP) is 0.0375. The van der Waals surface area contributed by atoms with Gasteiger partial charge in [-0.3, -0.25) is 0 Å². The van der Waals surface area contributed by atoms with Crippen molar-refractivity contribution in [3.63, 3.8) is 0 Å². The van der Waals surface area contributed by atoms with Crippen molar-refractivity contribution in [2.75, 3.05) is 25.1 Å². The highest BCUT2D eigenvalue weighted by atomic mass is 32.2. The van der Waals surface area contributed by atoms with Crippen molar-refractivity contribution in [1.29, 1.82) is 0 Å². The first-order valence-electron chi connectivity index (χ1n) is 6.58. The molecule has 0 spiro atoms. The lowest BCUT2D eigenvalue weighted by atomic mass is 10.0. The van der Waals surface area contributed by atoms with E-state index < -0.39 is 10.0 Å². The van der Waals surface area contributed by atoms with E-state index in [0.29, 0.717) is 25.6 Å². The number of rotatable bonds is 5. The molecular weight excluding hydrogens is 298 g/mol. The molecule has 1 unspecified atom stereocenters. The number of thioether (sulfide) groups is 1. The largest absolute Gasteiger partial charge is 0.324 e. The Balaban J connectivity index is 1.92. The van der Waals surface area contributed by atoms with Crippen molar-refractivity contribution in [1.82, 2.24) is 19.1 Å². The van der Waals surface area contributed by atoms with Gasteiger partial charge >= 0.3 is 0 Å². The molecule has 1 aromatic heterocycles. The number of aromatic nitrogens is 3. The number of hydrogen-bond donors (Lipinski definition) is 1. The number of nitrogens with zero attached hydrogens (tertiary/aromatic N) is 4. The maximum atomic E-state index is 11.6. The highest BCUT2D eigenvalue weighted by Gasteiger charge is 2.26. The Hall–Kier alpha value is -0.640. The van der Waals surface area contributed by atoms with Crippen LogP contribution in [-0.4, -0.2) is 52.6 Å². The monoisotopic (exact) mass is 319 g/mol. The van der Waals surface area contributed by atoms with Crippen molar-refractivity contribution in [3.05, 3.63) is 5.82 Å². The lowest BCUT2D eigenvalue weighted by molar-refractivity contribution is 0.286. The molecule has 2 heterocycles. The van der Waals surface area contributed by atoms with E-state index in [9.17, 15) is 8.42 Å². The summed E-state index contributed by atoms with van der Waals surface area (Å²) in [5, 5.41) is 8.95. The Morgan fingerprint density at radius 2 is 2.20 bits per heavy atom.